The van der Waals surface area contributed by atoms with Gasteiger partial charge in [0.1, 0.15) is 0 Å². The summed E-state index contributed by atoms with van der Waals surface area (Å²) < 4.78 is 0. The van der Waals surface area contributed by atoms with Gasteiger partial charge in [-0.15, -0.1) is 4.79 Å². The molecule has 0 aliphatic heterocycles. The monoisotopic (exact) mass is 342 g/mol. The number of amides is 1. The standard InChI is InChI=1S/C17H15ClN4O2/c18-12-7-5-11(6-8-12)9-16(23)21-22-17(24)14-4-2-1-3-13(14)15(10-19)20-22/h1-8H,9-10,19H2,(H,21,23). The van der Waals surface area contributed by atoms with E-state index in [4.69, 9.17) is 17.3 Å². The number of aromatic nitrogens is 2. The van der Waals surface area contributed by atoms with Gasteiger partial charge in [0, 0.05) is 17.0 Å². The number of carbonyl (C=O) groups is 1. The van der Waals surface area contributed by atoms with Gasteiger partial charge < -0.3 is 5.73 Å². The zero-order valence-electron chi connectivity index (χ0n) is 12.7. The second kappa shape index (κ2) is 6.82. The summed E-state index contributed by atoms with van der Waals surface area (Å²) in [7, 11) is 0. The molecule has 0 aliphatic carbocycles. The van der Waals surface area contributed by atoms with E-state index in [1.807, 2.05) is 6.07 Å². The summed E-state index contributed by atoms with van der Waals surface area (Å²) in [5.74, 6) is -0.356. The highest BCUT2D eigenvalue weighted by Crippen LogP contribution is 2.12. The molecule has 0 unspecified atom stereocenters. The number of carbonyl (C=O) groups excluding carboxylic acids is 1. The lowest BCUT2D eigenvalue weighted by atomic mass is 10.1. The average molecular weight is 343 g/mol. The molecule has 0 spiro atoms. The van der Waals surface area contributed by atoms with Crippen molar-refractivity contribution in [3.8, 4) is 0 Å². The number of rotatable bonds is 4. The number of nitrogens with two attached hydrogens (primary N) is 1. The Morgan fingerprint density at radius 3 is 2.46 bits per heavy atom. The van der Waals surface area contributed by atoms with Gasteiger partial charge in [-0.2, -0.15) is 5.10 Å². The first-order valence-electron chi connectivity index (χ1n) is 7.34. The minimum absolute atomic E-state index is 0.107. The van der Waals surface area contributed by atoms with Crippen LogP contribution in [-0.4, -0.2) is 15.8 Å². The quantitative estimate of drug-likeness (QED) is 0.756. The summed E-state index contributed by atoms with van der Waals surface area (Å²) in [6.07, 6.45) is 0.107. The topological polar surface area (TPSA) is 90.0 Å². The van der Waals surface area contributed by atoms with Crippen LogP contribution in [0, 0.1) is 0 Å². The summed E-state index contributed by atoms with van der Waals surface area (Å²) in [6.45, 7) is 0.161. The number of nitrogens with one attached hydrogen (secondary N) is 1. The van der Waals surface area contributed by atoms with Gasteiger partial charge in [0.2, 0.25) is 5.91 Å². The Morgan fingerprint density at radius 2 is 1.79 bits per heavy atom. The lowest BCUT2D eigenvalue weighted by molar-refractivity contribution is -0.116. The van der Waals surface area contributed by atoms with E-state index >= 15 is 0 Å². The predicted octanol–water partition coefficient (Wildman–Crippen LogP) is 1.82. The summed E-state index contributed by atoms with van der Waals surface area (Å²) in [5.41, 5.74) is 9.13. The molecule has 1 aromatic heterocycles. The molecule has 3 aromatic rings. The van der Waals surface area contributed by atoms with E-state index < -0.39 is 5.56 Å². The van der Waals surface area contributed by atoms with Crippen molar-refractivity contribution in [2.75, 3.05) is 5.43 Å². The van der Waals surface area contributed by atoms with Crippen molar-refractivity contribution in [3.05, 3.63) is 75.2 Å². The highest BCUT2D eigenvalue weighted by atomic mass is 35.5. The summed E-state index contributed by atoms with van der Waals surface area (Å²) >= 11 is 5.82. The van der Waals surface area contributed by atoms with Crippen molar-refractivity contribution in [1.29, 1.82) is 0 Å². The summed E-state index contributed by atoms with van der Waals surface area (Å²) in [4.78, 5) is 25.6. The molecule has 3 N–H and O–H groups in total. The Morgan fingerprint density at radius 1 is 1.12 bits per heavy atom. The van der Waals surface area contributed by atoms with Crippen molar-refractivity contribution in [3.63, 3.8) is 0 Å². The summed E-state index contributed by atoms with van der Waals surface area (Å²) in [6, 6.07) is 13.9. The highest BCUT2D eigenvalue weighted by molar-refractivity contribution is 6.30. The van der Waals surface area contributed by atoms with Crippen LogP contribution in [0.3, 0.4) is 0 Å². The van der Waals surface area contributed by atoms with Gasteiger partial charge in [0.25, 0.3) is 5.56 Å². The molecule has 0 atom stereocenters. The lowest BCUT2D eigenvalue weighted by Gasteiger charge is -2.11. The number of fused-ring (bicyclic) bond motifs is 1. The number of hydrogen-bond donors (Lipinski definition) is 2. The molecule has 7 heteroatoms. The molecule has 6 nitrogen and oxygen atoms in total. The fraction of sp³-hybridized carbons (Fsp3) is 0.118. The van der Waals surface area contributed by atoms with E-state index in [-0.39, 0.29) is 18.9 Å². The number of halogens is 1. The number of hydrogen-bond acceptors (Lipinski definition) is 4. The SMILES string of the molecule is NCc1nn(NC(=O)Cc2ccc(Cl)cc2)c(=O)c2ccccc12. The predicted molar refractivity (Wildman–Crippen MR) is 93.4 cm³/mol. The van der Waals surface area contributed by atoms with Crippen LogP contribution in [0.4, 0.5) is 0 Å². The van der Waals surface area contributed by atoms with Crippen LogP contribution in [-0.2, 0) is 17.8 Å². The Kier molecular flexibility index (Phi) is 4.59. The first-order chi connectivity index (χ1) is 11.6. The molecule has 0 aliphatic rings. The molecule has 0 fully saturated rings. The molecule has 0 saturated carbocycles. The normalized spacial score (nSPS) is 10.8. The van der Waals surface area contributed by atoms with Crippen LogP contribution in [0.5, 0.6) is 0 Å². The van der Waals surface area contributed by atoms with E-state index in [1.165, 1.54) is 0 Å². The molecular formula is C17H15ClN4O2. The van der Waals surface area contributed by atoms with Crippen LogP contribution in [0.2, 0.25) is 5.02 Å². The Balaban J connectivity index is 1.89. The van der Waals surface area contributed by atoms with Gasteiger partial charge in [0.15, 0.2) is 0 Å². The first kappa shape index (κ1) is 16.2. The van der Waals surface area contributed by atoms with Gasteiger partial charge in [-0.05, 0) is 23.8 Å². The molecule has 122 valence electrons. The third kappa shape index (κ3) is 3.29. The molecule has 1 heterocycles. The maximum absolute atomic E-state index is 12.5. The number of nitrogens with zero attached hydrogens (tertiary/aromatic N) is 2. The molecular weight excluding hydrogens is 328 g/mol. The Hall–Kier alpha value is -2.70. The molecule has 0 bridgehead atoms. The lowest BCUT2D eigenvalue weighted by Crippen LogP contribution is -2.37. The minimum atomic E-state index is -0.396. The van der Waals surface area contributed by atoms with E-state index in [1.54, 1.807) is 42.5 Å². The maximum atomic E-state index is 12.5. The fourth-order valence-electron chi connectivity index (χ4n) is 2.43. The van der Waals surface area contributed by atoms with Crippen LogP contribution in [0.15, 0.2) is 53.3 Å². The van der Waals surface area contributed by atoms with E-state index in [0.29, 0.717) is 21.5 Å². The molecule has 3 rings (SSSR count). The van der Waals surface area contributed by atoms with Gasteiger partial charge in [-0.3, -0.25) is 9.59 Å². The molecule has 24 heavy (non-hydrogen) atoms. The van der Waals surface area contributed by atoms with E-state index in [9.17, 15) is 9.59 Å². The molecule has 1 amide bonds. The van der Waals surface area contributed by atoms with Crippen LogP contribution in [0.1, 0.15) is 11.3 Å². The Bertz CT molecular complexity index is 951. The zero-order chi connectivity index (χ0) is 17.1. The largest absolute Gasteiger partial charge is 0.325 e. The van der Waals surface area contributed by atoms with Crippen molar-refractivity contribution >= 4 is 28.3 Å². The smallest absolute Gasteiger partial charge is 0.294 e. The van der Waals surface area contributed by atoms with Crippen molar-refractivity contribution in [2.45, 2.75) is 13.0 Å². The molecule has 2 aromatic carbocycles. The Labute approximate surface area is 142 Å². The third-order valence-corrected chi connectivity index (χ3v) is 3.84. The van der Waals surface area contributed by atoms with Crippen molar-refractivity contribution in [2.24, 2.45) is 5.73 Å². The van der Waals surface area contributed by atoms with Crippen LogP contribution >= 0.6 is 11.6 Å². The van der Waals surface area contributed by atoms with Gasteiger partial charge in [-0.25, -0.2) is 5.43 Å². The third-order valence-electron chi connectivity index (χ3n) is 3.58. The zero-order valence-corrected chi connectivity index (χ0v) is 13.5. The van der Waals surface area contributed by atoms with Gasteiger partial charge in [0.05, 0.1) is 17.5 Å². The fourth-order valence-corrected chi connectivity index (χ4v) is 2.55. The summed E-state index contributed by atoms with van der Waals surface area (Å²) in [5, 5.41) is 5.88. The van der Waals surface area contributed by atoms with E-state index in [0.717, 1.165) is 10.4 Å². The van der Waals surface area contributed by atoms with Crippen LogP contribution < -0.4 is 16.7 Å². The second-order valence-corrected chi connectivity index (χ2v) is 5.69. The minimum Gasteiger partial charge on any atom is -0.325 e. The highest BCUT2D eigenvalue weighted by Gasteiger charge is 2.11. The van der Waals surface area contributed by atoms with Crippen molar-refractivity contribution < 1.29 is 4.79 Å². The molecule has 0 saturated heterocycles. The van der Waals surface area contributed by atoms with Gasteiger partial charge >= 0.3 is 0 Å². The van der Waals surface area contributed by atoms with Gasteiger partial charge in [-0.1, -0.05) is 41.9 Å². The second-order valence-electron chi connectivity index (χ2n) is 5.25. The van der Waals surface area contributed by atoms with E-state index in [2.05, 4.69) is 10.5 Å². The average Bonchev–Trinajstić information content (AvgIpc) is 2.59. The number of benzene rings is 2. The first-order valence-corrected chi connectivity index (χ1v) is 7.71. The van der Waals surface area contributed by atoms with Crippen molar-refractivity contribution in [1.82, 2.24) is 9.89 Å². The maximum Gasteiger partial charge on any atom is 0.294 e. The van der Waals surface area contributed by atoms with Crippen LogP contribution in [0.25, 0.3) is 10.8 Å². The molecule has 0 radical (unpaired) electrons.